The number of hydrogen-bond donors (Lipinski definition) is 2. The number of aromatic nitrogens is 1. The van der Waals surface area contributed by atoms with Gasteiger partial charge in [-0.15, -0.1) is 0 Å². The molecule has 2 unspecified atom stereocenters. The van der Waals surface area contributed by atoms with E-state index in [9.17, 15) is 28.3 Å². The van der Waals surface area contributed by atoms with E-state index in [1.54, 1.807) is 6.92 Å². The largest absolute Gasteiger partial charge is 0.503 e. The lowest BCUT2D eigenvalue weighted by Gasteiger charge is -2.31. The summed E-state index contributed by atoms with van der Waals surface area (Å²) in [5, 5.41) is 12.6. The van der Waals surface area contributed by atoms with Gasteiger partial charge in [-0.1, -0.05) is 6.07 Å². The van der Waals surface area contributed by atoms with Crippen molar-refractivity contribution in [2.24, 2.45) is 0 Å². The second kappa shape index (κ2) is 6.96. The van der Waals surface area contributed by atoms with Gasteiger partial charge in [-0.3, -0.25) is 14.4 Å². The van der Waals surface area contributed by atoms with Crippen LogP contribution in [0.4, 0.5) is 8.78 Å². The number of rotatable bonds is 3. The highest BCUT2D eigenvalue weighted by molar-refractivity contribution is 5.99. The monoisotopic (exact) mass is 405 g/mol. The van der Waals surface area contributed by atoms with Gasteiger partial charge in [0.1, 0.15) is 17.2 Å². The summed E-state index contributed by atoms with van der Waals surface area (Å²) < 4.78 is 33.6. The molecule has 2 N–H and O–H groups in total. The number of hydrogen-bond acceptors (Lipinski definition) is 5. The highest BCUT2D eigenvalue weighted by Crippen LogP contribution is 2.28. The lowest BCUT2D eigenvalue weighted by molar-refractivity contribution is -0.0101. The van der Waals surface area contributed by atoms with Gasteiger partial charge < -0.3 is 24.6 Å². The maximum absolute atomic E-state index is 13.7. The van der Waals surface area contributed by atoms with Gasteiger partial charge in [0.05, 0.1) is 12.6 Å². The molecule has 0 spiro atoms. The van der Waals surface area contributed by atoms with E-state index >= 15 is 0 Å². The lowest BCUT2D eigenvalue weighted by atomic mass is 10.1. The van der Waals surface area contributed by atoms with Gasteiger partial charge in [-0.2, -0.15) is 0 Å². The first kappa shape index (κ1) is 19.1. The molecule has 1 fully saturated rings. The predicted octanol–water partition coefficient (Wildman–Crippen LogP) is 0.963. The molecule has 2 aliphatic rings. The highest BCUT2D eigenvalue weighted by Gasteiger charge is 2.41. The summed E-state index contributed by atoms with van der Waals surface area (Å²) in [5.41, 5.74) is -1.58. The van der Waals surface area contributed by atoms with Crippen LogP contribution in [-0.4, -0.2) is 45.3 Å². The number of ether oxygens (including phenoxy) is 1. The SMILES string of the molecule is CC1CN2C(=O)c3c(O)c(=O)c(C(=O)NCc4ccc(F)cc4F)cn3CC2O1. The van der Waals surface area contributed by atoms with E-state index < -0.39 is 46.4 Å². The van der Waals surface area contributed by atoms with Crippen LogP contribution in [0.1, 0.15) is 33.3 Å². The fraction of sp³-hybridized carbons (Fsp3) is 0.316. The van der Waals surface area contributed by atoms with Crippen LogP contribution in [0.25, 0.3) is 0 Å². The van der Waals surface area contributed by atoms with Gasteiger partial charge in [0.25, 0.3) is 11.8 Å². The minimum atomic E-state index is -1.01. The number of fused-ring (bicyclic) bond motifs is 2. The summed E-state index contributed by atoms with van der Waals surface area (Å²) >= 11 is 0. The third kappa shape index (κ3) is 3.25. The fourth-order valence-corrected chi connectivity index (χ4v) is 3.55. The molecule has 8 nitrogen and oxygen atoms in total. The van der Waals surface area contributed by atoms with Gasteiger partial charge >= 0.3 is 0 Å². The summed E-state index contributed by atoms with van der Waals surface area (Å²) in [6.45, 7) is 1.99. The first-order chi connectivity index (χ1) is 13.8. The Morgan fingerprint density at radius 1 is 1.31 bits per heavy atom. The van der Waals surface area contributed by atoms with E-state index in [1.165, 1.54) is 21.7 Å². The van der Waals surface area contributed by atoms with Crippen LogP contribution >= 0.6 is 0 Å². The maximum atomic E-state index is 13.7. The molecule has 1 aromatic heterocycles. The van der Waals surface area contributed by atoms with Crippen molar-refractivity contribution >= 4 is 11.8 Å². The smallest absolute Gasteiger partial charge is 0.276 e. The number of carbonyl (C=O) groups excluding carboxylic acids is 2. The first-order valence-corrected chi connectivity index (χ1v) is 8.91. The molecule has 152 valence electrons. The molecule has 2 aliphatic heterocycles. The Hall–Kier alpha value is -3.27. The molecule has 0 bridgehead atoms. The molecule has 3 heterocycles. The molecule has 0 saturated carbocycles. The number of nitrogens with one attached hydrogen (secondary N) is 1. The minimum Gasteiger partial charge on any atom is -0.503 e. The molecule has 10 heteroatoms. The van der Waals surface area contributed by atoms with Crippen molar-refractivity contribution in [2.45, 2.75) is 32.3 Å². The van der Waals surface area contributed by atoms with Crippen molar-refractivity contribution in [3.63, 3.8) is 0 Å². The van der Waals surface area contributed by atoms with Crippen LogP contribution in [-0.2, 0) is 17.8 Å². The Kier molecular flexibility index (Phi) is 4.58. The molecule has 2 aromatic rings. The zero-order valence-corrected chi connectivity index (χ0v) is 15.3. The summed E-state index contributed by atoms with van der Waals surface area (Å²) in [6.07, 6.45) is 0.423. The van der Waals surface area contributed by atoms with Gasteiger partial charge in [0.15, 0.2) is 17.7 Å². The molecule has 2 atom stereocenters. The van der Waals surface area contributed by atoms with Gasteiger partial charge in [-0.05, 0) is 13.0 Å². The summed E-state index contributed by atoms with van der Waals surface area (Å²) in [4.78, 5) is 39.0. The second-order valence-electron chi connectivity index (χ2n) is 7.00. The quantitative estimate of drug-likeness (QED) is 0.792. The Morgan fingerprint density at radius 3 is 2.79 bits per heavy atom. The zero-order valence-electron chi connectivity index (χ0n) is 15.3. The number of nitrogens with zero attached hydrogens (tertiary/aromatic N) is 2. The molecule has 2 amide bonds. The maximum Gasteiger partial charge on any atom is 0.276 e. The fourth-order valence-electron chi connectivity index (χ4n) is 3.55. The van der Waals surface area contributed by atoms with E-state index in [4.69, 9.17) is 4.74 Å². The molecular weight excluding hydrogens is 388 g/mol. The topological polar surface area (TPSA) is 101 Å². The van der Waals surface area contributed by atoms with Gasteiger partial charge in [0, 0.05) is 30.9 Å². The zero-order chi connectivity index (χ0) is 20.9. The molecule has 1 aromatic carbocycles. The van der Waals surface area contributed by atoms with E-state index in [1.807, 2.05) is 0 Å². The molecule has 0 radical (unpaired) electrons. The molecular formula is C19H17F2N3O5. The Morgan fingerprint density at radius 2 is 2.07 bits per heavy atom. The van der Waals surface area contributed by atoms with Crippen molar-refractivity contribution in [3.05, 3.63) is 63.1 Å². The van der Waals surface area contributed by atoms with Gasteiger partial charge in [0.2, 0.25) is 5.43 Å². The predicted molar refractivity (Wildman–Crippen MR) is 95.3 cm³/mol. The van der Waals surface area contributed by atoms with Crippen molar-refractivity contribution in [1.29, 1.82) is 0 Å². The molecule has 1 saturated heterocycles. The van der Waals surface area contributed by atoms with E-state index in [0.29, 0.717) is 12.6 Å². The molecule has 29 heavy (non-hydrogen) atoms. The third-order valence-corrected chi connectivity index (χ3v) is 4.96. The average molecular weight is 405 g/mol. The van der Waals surface area contributed by atoms with Crippen LogP contribution < -0.4 is 10.7 Å². The van der Waals surface area contributed by atoms with Crippen molar-refractivity contribution < 1.29 is 28.2 Å². The van der Waals surface area contributed by atoms with E-state index in [2.05, 4.69) is 5.32 Å². The Bertz CT molecular complexity index is 1080. The van der Waals surface area contributed by atoms with Crippen LogP contribution in [0.2, 0.25) is 0 Å². The number of halogens is 2. The average Bonchev–Trinajstić information content (AvgIpc) is 3.04. The van der Waals surface area contributed by atoms with Crippen molar-refractivity contribution in [1.82, 2.24) is 14.8 Å². The number of benzene rings is 1. The standard InChI is InChI=1S/C19H17F2N3O5/c1-9-6-24-14(29-9)8-23-7-12(16(25)17(26)15(23)19(24)28)18(27)22-5-10-2-3-11(20)4-13(10)21/h2-4,7,9,14,26H,5-6,8H2,1H3,(H,22,27). The molecule has 0 aliphatic carbocycles. The number of amides is 2. The second-order valence-corrected chi connectivity index (χ2v) is 7.00. The van der Waals surface area contributed by atoms with Crippen LogP contribution in [0.15, 0.2) is 29.2 Å². The van der Waals surface area contributed by atoms with Crippen LogP contribution in [0.5, 0.6) is 5.75 Å². The van der Waals surface area contributed by atoms with Crippen molar-refractivity contribution in [3.8, 4) is 5.75 Å². The normalized spacial score (nSPS) is 20.4. The molecule has 4 rings (SSSR count). The third-order valence-electron chi connectivity index (χ3n) is 4.96. The summed E-state index contributed by atoms with van der Waals surface area (Å²) in [5.74, 6) is -3.83. The van der Waals surface area contributed by atoms with Crippen LogP contribution in [0.3, 0.4) is 0 Å². The lowest BCUT2D eigenvalue weighted by Crippen LogP contribution is -2.46. The summed E-state index contributed by atoms with van der Waals surface area (Å²) in [6, 6.07) is 2.90. The number of pyridine rings is 1. The minimum absolute atomic E-state index is 0.0289. The van der Waals surface area contributed by atoms with Gasteiger partial charge in [-0.25, -0.2) is 8.78 Å². The Labute approximate surface area is 163 Å². The van der Waals surface area contributed by atoms with E-state index in [-0.39, 0.29) is 30.5 Å². The Balaban J connectivity index is 1.61. The van der Waals surface area contributed by atoms with Crippen molar-refractivity contribution in [2.75, 3.05) is 6.54 Å². The number of carbonyl (C=O) groups is 2. The van der Waals surface area contributed by atoms with Crippen LogP contribution in [0, 0.1) is 11.6 Å². The van der Waals surface area contributed by atoms with E-state index in [0.717, 1.165) is 6.07 Å². The highest BCUT2D eigenvalue weighted by atomic mass is 19.1. The summed E-state index contributed by atoms with van der Waals surface area (Å²) in [7, 11) is 0. The number of aromatic hydroxyl groups is 1. The first-order valence-electron chi connectivity index (χ1n) is 8.91.